The third-order valence-corrected chi connectivity index (χ3v) is 2.93. The minimum atomic E-state index is 0.0405. The number of rotatable bonds is 4. The fraction of sp³-hybridized carbons (Fsp3) is 0.571. The lowest BCUT2D eigenvalue weighted by molar-refractivity contribution is -0.00590. The number of methoxy groups -OCH3 is 1. The summed E-state index contributed by atoms with van der Waals surface area (Å²) < 4.78 is 5.54. The molecule has 2 heteroatoms. The summed E-state index contributed by atoms with van der Waals surface area (Å²) in [7, 11) is 5.83. The highest BCUT2D eigenvalue weighted by Gasteiger charge is 2.16. The highest BCUT2D eigenvalue weighted by Crippen LogP contribution is 2.26. The van der Waals surface area contributed by atoms with E-state index in [1.807, 2.05) is 14.1 Å². The van der Waals surface area contributed by atoms with E-state index in [2.05, 4.69) is 43.9 Å². The molecule has 1 atom stereocenters. The SMILES string of the molecule is COC(c1cc(C(C)C)ccc1C)N(C)C. The van der Waals surface area contributed by atoms with Gasteiger partial charge in [0.15, 0.2) is 0 Å². The molecule has 16 heavy (non-hydrogen) atoms. The van der Waals surface area contributed by atoms with Crippen molar-refractivity contribution in [3.8, 4) is 0 Å². The number of aryl methyl sites for hydroxylation is 1. The first kappa shape index (κ1) is 13.2. The van der Waals surface area contributed by atoms with Crippen molar-refractivity contribution < 1.29 is 4.74 Å². The van der Waals surface area contributed by atoms with Crippen LogP contribution >= 0.6 is 0 Å². The van der Waals surface area contributed by atoms with Crippen molar-refractivity contribution in [3.63, 3.8) is 0 Å². The molecule has 2 nitrogen and oxygen atoms in total. The molecule has 0 aliphatic rings. The lowest BCUT2D eigenvalue weighted by atomic mass is 9.97. The number of ether oxygens (including phenoxy) is 1. The quantitative estimate of drug-likeness (QED) is 0.723. The van der Waals surface area contributed by atoms with Gasteiger partial charge in [-0.15, -0.1) is 0 Å². The van der Waals surface area contributed by atoms with E-state index < -0.39 is 0 Å². The molecule has 0 fully saturated rings. The molecule has 0 spiro atoms. The predicted octanol–water partition coefficient (Wildman–Crippen LogP) is 3.33. The van der Waals surface area contributed by atoms with E-state index in [4.69, 9.17) is 4.74 Å². The molecule has 0 amide bonds. The minimum absolute atomic E-state index is 0.0405. The summed E-state index contributed by atoms with van der Waals surface area (Å²) >= 11 is 0. The van der Waals surface area contributed by atoms with Crippen LogP contribution in [0, 0.1) is 6.92 Å². The minimum Gasteiger partial charge on any atom is -0.362 e. The van der Waals surface area contributed by atoms with Gasteiger partial charge in [0, 0.05) is 7.11 Å². The van der Waals surface area contributed by atoms with Crippen LogP contribution in [0.25, 0.3) is 0 Å². The van der Waals surface area contributed by atoms with Crippen molar-refractivity contribution >= 4 is 0 Å². The summed E-state index contributed by atoms with van der Waals surface area (Å²) in [4.78, 5) is 2.09. The Balaban J connectivity index is 3.14. The van der Waals surface area contributed by atoms with Crippen molar-refractivity contribution in [2.45, 2.75) is 32.9 Å². The average molecular weight is 221 g/mol. The van der Waals surface area contributed by atoms with E-state index in [9.17, 15) is 0 Å². The van der Waals surface area contributed by atoms with Crippen LogP contribution in [0.3, 0.4) is 0 Å². The molecule has 90 valence electrons. The van der Waals surface area contributed by atoms with Gasteiger partial charge in [-0.3, -0.25) is 4.90 Å². The zero-order valence-electron chi connectivity index (χ0n) is 11.2. The van der Waals surface area contributed by atoms with Gasteiger partial charge < -0.3 is 4.74 Å². The molecule has 1 aromatic rings. The largest absolute Gasteiger partial charge is 0.362 e. The number of hydrogen-bond acceptors (Lipinski definition) is 2. The Morgan fingerprint density at radius 3 is 2.25 bits per heavy atom. The molecule has 0 bridgehead atoms. The van der Waals surface area contributed by atoms with Crippen LogP contribution in [-0.2, 0) is 4.74 Å². The van der Waals surface area contributed by atoms with E-state index in [1.54, 1.807) is 7.11 Å². The van der Waals surface area contributed by atoms with E-state index in [-0.39, 0.29) is 6.23 Å². The van der Waals surface area contributed by atoms with Gasteiger partial charge in [-0.2, -0.15) is 0 Å². The third-order valence-electron chi connectivity index (χ3n) is 2.93. The molecule has 0 aliphatic carbocycles. The van der Waals surface area contributed by atoms with E-state index in [1.165, 1.54) is 16.7 Å². The van der Waals surface area contributed by atoms with Gasteiger partial charge in [-0.25, -0.2) is 0 Å². The smallest absolute Gasteiger partial charge is 0.136 e. The molecule has 0 radical (unpaired) electrons. The standard InChI is InChI=1S/C14H23NO/c1-10(2)12-8-7-11(3)13(9-12)14(16-6)15(4)5/h7-10,14H,1-6H3. The van der Waals surface area contributed by atoms with Gasteiger partial charge in [0.1, 0.15) is 6.23 Å². The average Bonchev–Trinajstić information content (AvgIpc) is 2.20. The first-order valence-corrected chi connectivity index (χ1v) is 5.77. The Labute approximate surface area is 99.2 Å². The topological polar surface area (TPSA) is 12.5 Å². The highest BCUT2D eigenvalue weighted by atomic mass is 16.5. The van der Waals surface area contributed by atoms with Gasteiger partial charge in [0.25, 0.3) is 0 Å². The maximum atomic E-state index is 5.54. The lowest BCUT2D eigenvalue weighted by Gasteiger charge is -2.25. The van der Waals surface area contributed by atoms with Crippen LogP contribution in [0.5, 0.6) is 0 Å². The summed E-state index contributed by atoms with van der Waals surface area (Å²) in [6.45, 7) is 6.56. The Bertz CT molecular complexity index is 345. The number of benzene rings is 1. The predicted molar refractivity (Wildman–Crippen MR) is 68.7 cm³/mol. The molecule has 1 unspecified atom stereocenters. The second-order valence-electron chi connectivity index (χ2n) is 4.82. The molecule has 0 N–H and O–H groups in total. The molecule has 0 aromatic heterocycles. The van der Waals surface area contributed by atoms with Crippen molar-refractivity contribution in [2.75, 3.05) is 21.2 Å². The van der Waals surface area contributed by atoms with Gasteiger partial charge in [0.2, 0.25) is 0 Å². The molecule has 0 aliphatic heterocycles. The lowest BCUT2D eigenvalue weighted by Crippen LogP contribution is -2.22. The Kier molecular flexibility index (Phi) is 4.51. The molecule has 0 saturated carbocycles. The van der Waals surface area contributed by atoms with Gasteiger partial charge >= 0.3 is 0 Å². The van der Waals surface area contributed by atoms with Crippen LogP contribution in [0.15, 0.2) is 18.2 Å². The maximum absolute atomic E-state index is 5.54. The maximum Gasteiger partial charge on any atom is 0.136 e. The molecule has 0 saturated heterocycles. The van der Waals surface area contributed by atoms with Gasteiger partial charge in [0.05, 0.1) is 0 Å². The van der Waals surface area contributed by atoms with Crippen molar-refractivity contribution in [2.24, 2.45) is 0 Å². The zero-order chi connectivity index (χ0) is 12.3. The highest BCUT2D eigenvalue weighted by molar-refractivity contribution is 5.34. The second-order valence-corrected chi connectivity index (χ2v) is 4.82. The van der Waals surface area contributed by atoms with E-state index in [0.717, 1.165) is 0 Å². The van der Waals surface area contributed by atoms with Crippen molar-refractivity contribution in [1.29, 1.82) is 0 Å². The summed E-state index contributed by atoms with van der Waals surface area (Å²) in [6.07, 6.45) is 0.0405. The first-order chi connectivity index (χ1) is 7.47. The van der Waals surface area contributed by atoms with Gasteiger partial charge in [-0.1, -0.05) is 32.0 Å². The van der Waals surface area contributed by atoms with Crippen LogP contribution in [-0.4, -0.2) is 26.1 Å². The normalized spacial score (nSPS) is 13.5. The van der Waals surface area contributed by atoms with Crippen LogP contribution in [0.1, 0.15) is 42.7 Å². The molecule has 1 rings (SSSR count). The summed E-state index contributed by atoms with van der Waals surface area (Å²) in [5.41, 5.74) is 3.91. The first-order valence-electron chi connectivity index (χ1n) is 5.77. The molecular weight excluding hydrogens is 198 g/mol. The van der Waals surface area contributed by atoms with Crippen LogP contribution in [0.4, 0.5) is 0 Å². The van der Waals surface area contributed by atoms with Crippen LogP contribution < -0.4 is 0 Å². The second kappa shape index (κ2) is 5.46. The number of hydrogen-bond donors (Lipinski definition) is 0. The Morgan fingerprint density at radius 2 is 1.81 bits per heavy atom. The van der Waals surface area contributed by atoms with E-state index >= 15 is 0 Å². The van der Waals surface area contributed by atoms with Crippen molar-refractivity contribution in [3.05, 3.63) is 34.9 Å². The third kappa shape index (κ3) is 2.83. The van der Waals surface area contributed by atoms with Gasteiger partial charge in [-0.05, 0) is 43.6 Å². The fourth-order valence-electron chi connectivity index (χ4n) is 1.90. The monoisotopic (exact) mass is 221 g/mol. The van der Waals surface area contributed by atoms with E-state index in [0.29, 0.717) is 5.92 Å². The van der Waals surface area contributed by atoms with Crippen molar-refractivity contribution in [1.82, 2.24) is 4.90 Å². The summed E-state index contributed by atoms with van der Waals surface area (Å²) in [5.74, 6) is 0.555. The molecule has 0 heterocycles. The summed E-state index contributed by atoms with van der Waals surface area (Å²) in [5, 5.41) is 0. The summed E-state index contributed by atoms with van der Waals surface area (Å²) in [6, 6.07) is 6.64. The Morgan fingerprint density at radius 1 is 1.19 bits per heavy atom. The fourth-order valence-corrected chi connectivity index (χ4v) is 1.90. The van der Waals surface area contributed by atoms with Crippen LogP contribution in [0.2, 0.25) is 0 Å². The molecule has 1 aromatic carbocycles. The Hall–Kier alpha value is -0.860. The zero-order valence-corrected chi connectivity index (χ0v) is 11.2. The molecular formula is C14H23NO. The number of nitrogens with zero attached hydrogens (tertiary/aromatic N) is 1.